The molecule has 0 spiro atoms. The van der Waals surface area contributed by atoms with Crippen LogP contribution in [0, 0.1) is 6.92 Å². The predicted molar refractivity (Wildman–Crippen MR) is 131 cm³/mol. The average Bonchev–Trinajstić information content (AvgIpc) is 3.23. The highest BCUT2D eigenvalue weighted by atomic mass is 32.2. The van der Waals surface area contributed by atoms with Gasteiger partial charge in [0.2, 0.25) is 5.91 Å². The van der Waals surface area contributed by atoms with Gasteiger partial charge in [0.1, 0.15) is 5.01 Å². The number of amides is 1. The van der Waals surface area contributed by atoms with Gasteiger partial charge in [-0.05, 0) is 42.2 Å². The Hall–Kier alpha value is -2.51. The summed E-state index contributed by atoms with van der Waals surface area (Å²) in [5, 5.41) is 6.05. The van der Waals surface area contributed by atoms with Gasteiger partial charge in [0.15, 0.2) is 11.5 Å². The summed E-state index contributed by atoms with van der Waals surface area (Å²) < 4.78 is 10.7. The van der Waals surface area contributed by atoms with Gasteiger partial charge in [-0.2, -0.15) is 0 Å². The quantitative estimate of drug-likeness (QED) is 0.420. The summed E-state index contributed by atoms with van der Waals surface area (Å²) in [6, 6.07) is 11.9. The van der Waals surface area contributed by atoms with E-state index in [1.165, 1.54) is 0 Å². The van der Waals surface area contributed by atoms with Crippen molar-refractivity contribution in [2.24, 2.45) is 0 Å². The minimum Gasteiger partial charge on any atom is -0.493 e. The molecule has 0 bridgehead atoms. The van der Waals surface area contributed by atoms with Crippen LogP contribution in [-0.4, -0.2) is 30.9 Å². The lowest BCUT2D eigenvalue weighted by molar-refractivity contribution is -0.113. The summed E-state index contributed by atoms with van der Waals surface area (Å²) in [7, 11) is 3.24. The van der Waals surface area contributed by atoms with E-state index in [0.29, 0.717) is 28.9 Å². The molecule has 5 nitrogen and oxygen atoms in total. The second kappa shape index (κ2) is 10.7. The summed E-state index contributed by atoms with van der Waals surface area (Å²) >= 11 is 3.15. The van der Waals surface area contributed by atoms with Gasteiger partial charge in [-0.1, -0.05) is 32.0 Å². The van der Waals surface area contributed by atoms with E-state index >= 15 is 0 Å². The van der Waals surface area contributed by atoms with Gasteiger partial charge >= 0.3 is 0 Å². The second-order valence-corrected chi connectivity index (χ2v) is 9.29. The van der Waals surface area contributed by atoms with E-state index in [9.17, 15) is 4.79 Å². The van der Waals surface area contributed by atoms with Crippen molar-refractivity contribution in [2.45, 2.75) is 32.4 Å². The van der Waals surface area contributed by atoms with Crippen molar-refractivity contribution in [1.82, 2.24) is 4.98 Å². The molecule has 1 amide bonds. The Morgan fingerprint density at radius 1 is 1.16 bits per heavy atom. The number of ether oxygens (including phenoxy) is 2. The van der Waals surface area contributed by atoms with Gasteiger partial charge in [0.25, 0.3) is 0 Å². The minimum atomic E-state index is 0.0107. The van der Waals surface area contributed by atoms with Gasteiger partial charge < -0.3 is 14.8 Å². The standard InChI is InChI=1S/C24H28N2O3S2/c1-15(2)19-8-6-7-16(3)23(19)26-22(27)14-30-12-18-13-31-24(25-18)17-9-10-20(28-4)21(11-17)29-5/h6-11,13,15H,12,14H2,1-5H3,(H,26,27). The monoisotopic (exact) mass is 456 g/mol. The number of aryl methyl sites for hydroxylation is 1. The summed E-state index contributed by atoms with van der Waals surface area (Å²) in [6.07, 6.45) is 0. The Morgan fingerprint density at radius 3 is 2.65 bits per heavy atom. The molecule has 0 atom stereocenters. The molecule has 0 radical (unpaired) electrons. The SMILES string of the molecule is COc1ccc(-c2nc(CSCC(=O)Nc3c(C)cccc3C(C)C)cs2)cc1OC. The summed E-state index contributed by atoms with van der Waals surface area (Å²) in [6.45, 7) is 6.30. The molecule has 0 saturated carbocycles. The van der Waals surface area contributed by atoms with Crippen LogP contribution in [0.1, 0.15) is 36.6 Å². The molecule has 0 aliphatic carbocycles. The fraction of sp³-hybridized carbons (Fsp3) is 0.333. The van der Waals surface area contributed by atoms with E-state index in [1.807, 2.05) is 42.6 Å². The first-order valence-electron chi connectivity index (χ1n) is 10.1. The fourth-order valence-corrected chi connectivity index (χ4v) is 4.88. The van der Waals surface area contributed by atoms with Crippen molar-refractivity contribution in [3.05, 3.63) is 58.6 Å². The molecule has 1 heterocycles. The molecular formula is C24H28N2O3S2. The third-order valence-corrected chi connectivity index (χ3v) is 6.76. The lowest BCUT2D eigenvalue weighted by Gasteiger charge is -2.16. The molecule has 31 heavy (non-hydrogen) atoms. The Balaban J connectivity index is 1.58. The van der Waals surface area contributed by atoms with E-state index in [4.69, 9.17) is 14.5 Å². The van der Waals surface area contributed by atoms with Crippen LogP contribution in [-0.2, 0) is 10.5 Å². The molecule has 7 heteroatoms. The topological polar surface area (TPSA) is 60.5 Å². The number of para-hydroxylation sites is 1. The maximum atomic E-state index is 12.5. The van der Waals surface area contributed by atoms with Crippen LogP contribution in [0.5, 0.6) is 11.5 Å². The highest BCUT2D eigenvalue weighted by Crippen LogP contribution is 2.34. The molecule has 1 N–H and O–H groups in total. The lowest BCUT2D eigenvalue weighted by atomic mass is 9.98. The third-order valence-electron chi connectivity index (χ3n) is 4.86. The molecule has 2 aromatic carbocycles. The largest absolute Gasteiger partial charge is 0.493 e. The summed E-state index contributed by atoms with van der Waals surface area (Å²) in [5.41, 5.74) is 5.14. The van der Waals surface area contributed by atoms with Gasteiger partial charge in [-0.25, -0.2) is 4.98 Å². The van der Waals surface area contributed by atoms with Gasteiger partial charge in [-0.3, -0.25) is 4.79 Å². The van der Waals surface area contributed by atoms with Crippen LogP contribution in [0.25, 0.3) is 10.6 Å². The van der Waals surface area contributed by atoms with Gasteiger partial charge in [-0.15, -0.1) is 23.1 Å². The number of nitrogens with one attached hydrogen (secondary N) is 1. The van der Waals surface area contributed by atoms with Crippen LogP contribution < -0.4 is 14.8 Å². The molecule has 0 saturated heterocycles. The second-order valence-electron chi connectivity index (χ2n) is 7.45. The van der Waals surface area contributed by atoms with E-state index in [-0.39, 0.29) is 5.91 Å². The number of carbonyl (C=O) groups excluding carboxylic acids is 1. The molecule has 164 valence electrons. The zero-order chi connectivity index (χ0) is 22.4. The van der Waals surface area contributed by atoms with Crippen molar-refractivity contribution in [2.75, 3.05) is 25.3 Å². The van der Waals surface area contributed by atoms with Crippen LogP contribution in [0.2, 0.25) is 0 Å². The predicted octanol–water partition coefficient (Wildman–Crippen LogP) is 6.13. The first-order chi connectivity index (χ1) is 14.9. The van der Waals surface area contributed by atoms with Crippen molar-refractivity contribution in [3.63, 3.8) is 0 Å². The average molecular weight is 457 g/mol. The highest BCUT2D eigenvalue weighted by Gasteiger charge is 2.13. The van der Waals surface area contributed by atoms with E-state index in [0.717, 1.165) is 33.1 Å². The molecular weight excluding hydrogens is 428 g/mol. The Kier molecular flexibility index (Phi) is 7.98. The maximum absolute atomic E-state index is 12.5. The summed E-state index contributed by atoms with van der Waals surface area (Å²) in [4.78, 5) is 17.2. The first kappa shape index (κ1) is 23.2. The molecule has 3 aromatic rings. The van der Waals surface area contributed by atoms with E-state index in [2.05, 4.69) is 25.2 Å². The smallest absolute Gasteiger partial charge is 0.234 e. The van der Waals surface area contributed by atoms with Crippen molar-refractivity contribution < 1.29 is 14.3 Å². The number of benzene rings is 2. The lowest BCUT2D eigenvalue weighted by Crippen LogP contribution is -2.16. The van der Waals surface area contributed by atoms with Crippen molar-refractivity contribution >= 4 is 34.7 Å². The normalized spacial score (nSPS) is 10.9. The number of anilines is 1. The summed E-state index contributed by atoms with van der Waals surface area (Å²) in [5.74, 6) is 2.81. The third kappa shape index (κ3) is 5.80. The molecule has 0 unspecified atom stereocenters. The van der Waals surface area contributed by atoms with Crippen LogP contribution in [0.4, 0.5) is 5.69 Å². The Bertz CT molecular complexity index is 1050. The number of hydrogen-bond donors (Lipinski definition) is 1. The minimum absolute atomic E-state index is 0.0107. The molecule has 0 aliphatic rings. The number of rotatable bonds is 9. The van der Waals surface area contributed by atoms with Crippen molar-refractivity contribution in [3.8, 4) is 22.1 Å². The highest BCUT2D eigenvalue weighted by molar-refractivity contribution is 7.99. The number of aromatic nitrogens is 1. The Labute approximate surface area is 192 Å². The zero-order valence-corrected chi connectivity index (χ0v) is 20.2. The fourth-order valence-electron chi connectivity index (χ4n) is 3.24. The van der Waals surface area contributed by atoms with Gasteiger partial charge in [0, 0.05) is 22.4 Å². The van der Waals surface area contributed by atoms with E-state index in [1.54, 1.807) is 37.3 Å². The molecule has 3 rings (SSSR count). The van der Waals surface area contributed by atoms with Crippen LogP contribution in [0.15, 0.2) is 41.8 Å². The van der Waals surface area contributed by atoms with Crippen LogP contribution in [0.3, 0.4) is 0 Å². The number of thioether (sulfide) groups is 1. The molecule has 1 aromatic heterocycles. The number of methoxy groups -OCH3 is 2. The number of thiazole rings is 1. The number of hydrogen-bond acceptors (Lipinski definition) is 6. The van der Waals surface area contributed by atoms with Crippen molar-refractivity contribution in [1.29, 1.82) is 0 Å². The maximum Gasteiger partial charge on any atom is 0.234 e. The molecule has 0 fully saturated rings. The number of nitrogens with zero attached hydrogens (tertiary/aromatic N) is 1. The van der Waals surface area contributed by atoms with E-state index < -0.39 is 0 Å². The number of carbonyl (C=O) groups is 1. The zero-order valence-electron chi connectivity index (χ0n) is 18.5. The molecule has 0 aliphatic heterocycles. The Morgan fingerprint density at radius 2 is 1.94 bits per heavy atom. The van der Waals surface area contributed by atoms with Gasteiger partial charge in [0.05, 0.1) is 25.7 Å². The first-order valence-corrected chi connectivity index (χ1v) is 12.1. The van der Waals surface area contributed by atoms with Crippen LogP contribution >= 0.6 is 23.1 Å².